The third-order valence-corrected chi connectivity index (χ3v) is 1.88. The molecule has 0 aliphatic heterocycles. The number of nitrogens with one attached hydrogen (secondary N) is 1. The Morgan fingerprint density at radius 3 is 2.79 bits per heavy atom. The zero-order valence-electron chi connectivity index (χ0n) is 6.88. The number of aromatic nitrogens is 2. The number of aliphatic hydroxyl groups excluding tert-OH is 1. The number of hydrogen-bond donors (Lipinski definition) is 3. The highest BCUT2D eigenvalue weighted by atomic mass is 32.1. The SMILES string of the molecule is O=C(N[C@H](CO)C(=O)O)c1csnn1. The zero-order chi connectivity index (χ0) is 10.6. The minimum atomic E-state index is -1.32. The summed E-state index contributed by atoms with van der Waals surface area (Å²) in [5.41, 5.74) is 0.0368. The van der Waals surface area contributed by atoms with Gasteiger partial charge in [-0.15, -0.1) is 5.10 Å². The Hall–Kier alpha value is -1.54. The van der Waals surface area contributed by atoms with Gasteiger partial charge in [-0.05, 0) is 11.5 Å². The van der Waals surface area contributed by atoms with Gasteiger partial charge in [0, 0.05) is 5.38 Å². The molecule has 0 aliphatic carbocycles. The Morgan fingerprint density at radius 2 is 2.36 bits per heavy atom. The lowest BCUT2D eigenvalue weighted by Gasteiger charge is -2.09. The van der Waals surface area contributed by atoms with Crippen molar-refractivity contribution in [2.75, 3.05) is 6.61 Å². The van der Waals surface area contributed by atoms with Crippen LogP contribution in [0.2, 0.25) is 0 Å². The summed E-state index contributed by atoms with van der Waals surface area (Å²) < 4.78 is 3.44. The maximum Gasteiger partial charge on any atom is 0.328 e. The molecular formula is C6H7N3O4S. The second-order valence-corrected chi connectivity index (χ2v) is 2.95. The smallest absolute Gasteiger partial charge is 0.328 e. The highest BCUT2D eigenvalue weighted by Gasteiger charge is 2.20. The van der Waals surface area contributed by atoms with Gasteiger partial charge in [0.1, 0.15) is 0 Å². The summed E-state index contributed by atoms with van der Waals surface area (Å²) >= 11 is 0.979. The maximum absolute atomic E-state index is 11.2. The van der Waals surface area contributed by atoms with Crippen molar-refractivity contribution in [2.45, 2.75) is 6.04 Å². The highest BCUT2D eigenvalue weighted by Crippen LogP contribution is 1.97. The number of aliphatic carboxylic acids is 1. The van der Waals surface area contributed by atoms with Crippen molar-refractivity contribution in [1.29, 1.82) is 0 Å². The van der Waals surface area contributed by atoms with E-state index in [0.717, 1.165) is 11.5 Å². The van der Waals surface area contributed by atoms with Gasteiger partial charge < -0.3 is 15.5 Å². The first-order valence-electron chi connectivity index (χ1n) is 3.56. The summed E-state index contributed by atoms with van der Waals surface area (Å²) in [6, 6.07) is -1.32. The molecule has 0 aliphatic rings. The van der Waals surface area contributed by atoms with Crippen LogP contribution in [0.1, 0.15) is 10.5 Å². The number of amides is 1. The molecule has 0 spiro atoms. The first kappa shape index (κ1) is 10.5. The topological polar surface area (TPSA) is 112 Å². The van der Waals surface area contributed by atoms with Gasteiger partial charge in [-0.2, -0.15) is 0 Å². The van der Waals surface area contributed by atoms with E-state index < -0.39 is 24.5 Å². The van der Waals surface area contributed by atoms with E-state index >= 15 is 0 Å². The van der Waals surface area contributed by atoms with Crippen LogP contribution in [-0.4, -0.2) is 44.3 Å². The van der Waals surface area contributed by atoms with E-state index in [-0.39, 0.29) is 5.69 Å². The van der Waals surface area contributed by atoms with Crippen LogP contribution in [-0.2, 0) is 4.79 Å². The number of carbonyl (C=O) groups excluding carboxylic acids is 1. The fraction of sp³-hybridized carbons (Fsp3) is 0.333. The van der Waals surface area contributed by atoms with Gasteiger partial charge in [-0.1, -0.05) is 4.49 Å². The molecule has 0 saturated heterocycles. The molecule has 0 fully saturated rings. The second-order valence-electron chi connectivity index (χ2n) is 2.34. The van der Waals surface area contributed by atoms with Crippen LogP contribution in [0.15, 0.2) is 5.38 Å². The van der Waals surface area contributed by atoms with E-state index in [4.69, 9.17) is 10.2 Å². The molecule has 0 aromatic carbocycles. The van der Waals surface area contributed by atoms with E-state index in [0.29, 0.717) is 0 Å². The van der Waals surface area contributed by atoms with Crippen LogP contribution in [0.25, 0.3) is 0 Å². The Balaban J connectivity index is 2.60. The molecule has 0 saturated carbocycles. The van der Waals surface area contributed by atoms with Crippen LogP contribution in [0.3, 0.4) is 0 Å². The lowest BCUT2D eigenvalue weighted by atomic mass is 10.3. The Kier molecular flexibility index (Phi) is 3.48. The molecule has 1 aromatic heterocycles. The number of carbonyl (C=O) groups is 2. The summed E-state index contributed by atoms with van der Waals surface area (Å²) in [6.07, 6.45) is 0. The normalized spacial score (nSPS) is 12.1. The fourth-order valence-electron chi connectivity index (χ4n) is 0.681. The van der Waals surface area contributed by atoms with Gasteiger partial charge in [-0.3, -0.25) is 4.79 Å². The van der Waals surface area contributed by atoms with Crippen molar-refractivity contribution < 1.29 is 19.8 Å². The molecule has 1 amide bonds. The molecule has 0 bridgehead atoms. The largest absolute Gasteiger partial charge is 0.480 e. The van der Waals surface area contributed by atoms with Crippen LogP contribution < -0.4 is 5.32 Å². The van der Waals surface area contributed by atoms with Gasteiger partial charge in [0.25, 0.3) is 5.91 Å². The molecule has 1 aromatic rings. The van der Waals surface area contributed by atoms with Crippen molar-refractivity contribution in [1.82, 2.24) is 14.9 Å². The highest BCUT2D eigenvalue weighted by molar-refractivity contribution is 7.03. The summed E-state index contributed by atoms with van der Waals surface area (Å²) in [7, 11) is 0. The molecule has 0 unspecified atom stereocenters. The average Bonchev–Trinajstić information content (AvgIpc) is 2.65. The molecule has 8 heteroatoms. The fourth-order valence-corrected chi connectivity index (χ4v) is 1.12. The van der Waals surface area contributed by atoms with E-state index in [1.165, 1.54) is 5.38 Å². The van der Waals surface area contributed by atoms with Crippen molar-refractivity contribution >= 4 is 23.4 Å². The number of hydrogen-bond acceptors (Lipinski definition) is 6. The average molecular weight is 217 g/mol. The van der Waals surface area contributed by atoms with Gasteiger partial charge >= 0.3 is 5.97 Å². The third-order valence-electron chi connectivity index (χ3n) is 1.38. The minimum Gasteiger partial charge on any atom is -0.480 e. The first-order chi connectivity index (χ1) is 6.65. The summed E-state index contributed by atoms with van der Waals surface area (Å²) in [5, 5.41) is 24.0. The predicted molar refractivity (Wildman–Crippen MR) is 45.9 cm³/mol. The Morgan fingerprint density at radius 1 is 1.64 bits per heavy atom. The first-order valence-corrected chi connectivity index (χ1v) is 4.40. The predicted octanol–water partition coefficient (Wildman–Crippen LogP) is -1.29. The second kappa shape index (κ2) is 4.63. The molecule has 1 atom stereocenters. The molecule has 1 rings (SSSR count). The monoisotopic (exact) mass is 217 g/mol. The van der Waals surface area contributed by atoms with Crippen LogP contribution in [0, 0.1) is 0 Å². The number of rotatable bonds is 4. The molecule has 7 nitrogen and oxygen atoms in total. The lowest BCUT2D eigenvalue weighted by molar-refractivity contribution is -0.140. The minimum absolute atomic E-state index is 0.0368. The molecule has 3 N–H and O–H groups in total. The number of carboxylic acid groups (broad SMARTS) is 1. The van der Waals surface area contributed by atoms with E-state index in [1.54, 1.807) is 0 Å². The van der Waals surface area contributed by atoms with Gasteiger partial charge in [0.05, 0.1) is 6.61 Å². The summed E-state index contributed by atoms with van der Waals surface area (Å²) in [5.74, 6) is -1.97. The van der Waals surface area contributed by atoms with E-state index in [1.807, 2.05) is 0 Å². The van der Waals surface area contributed by atoms with Crippen LogP contribution in [0.4, 0.5) is 0 Å². The molecule has 0 radical (unpaired) electrons. The van der Waals surface area contributed by atoms with Crippen molar-refractivity contribution in [2.24, 2.45) is 0 Å². The zero-order valence-corrected chi connectivity index (χ0v) is 7.69. The third kappa shape index (κ3) is 2.47. The lowest BCUT2D eigenvalue weighted by Crippen LogP contribution is -2.43. The van der Waals surface area contributed by atoms with Crippen LogP contribution >= 0.6 is 11.5 Å². The number of carboxylic acids is 1. The van der Waals surface area contributed by atoms with Crippen molar-refractivity contribution in [3.8, 4) is 0 Å². The van der Waals surface area contributed by atoms with E-state index in [2.05, 4.69) is 14.9 Å². The molecule has 14 heavy (non-hydrogen) atoms. The molecular weight excluding hydrogens is 210 g/mol. The summed E-state index contributed by atoms with van der Waals surface area (Å²) in [6.45, 7) is -0.668. The molecule has 76 valence electrons. The van der Waals surface area contributed by atoms with E-state index in [9.17, 15) is 9.59 Å². The Labute approximate surface area is 82.5 Å². The van der Waals surface area contributed by atoms with Crippen molar-refractivity contribution in [3.05, 3.63) is 11.1 Å². The van der Waals surface area contributed by atoms with Crippen LogP contribution in [0.5, 0.6) is 0 Å². The van der Waals surface area contributed by atoms with Gasteiger partial charge in [0.15, 0.2) is 11.7 Å². The van der Waals surface area contributed by atoms with Gasteiger partial charge in [-0.25, -0.2) is 4.79 Å². The number of aliphatic hydroxyl groups is 1. The van der Waals surface area contributed by atoms with Crippen molar-refractivity contribution in [3.63, 3.8) is 0 Å². The number of nitrogens with zero attached hydrogens (tertiary/aromatic N) is 2. The molecule has 1 heterocycles. The summed E-state index contributed by atoms with van der Waals surface area (Å²) in [4.78, 5) is 21.6. The van der Waals surface area contributed by atoms with Gasteiger partial charge in [0.2, 0.25) is 0 Å². The standard InChI is InChI=1S/C6H7N3O4S/c10-1-3(6(12)13)7-5(11)4-2-14-9-8-4/h2-3,10H,1H2,(H,7,11)(H,12,13)/t3-/m1/s1. The quantitative estimate of drug-likeness (QED) is 0.578. The maximum atomic E-state index is 11.2. The Bertz CT molecular complexity index is 326.